The van der Waals surface area contributed by atoms with Gasteiger partial charge in [0.25, 0.3) is 0 Å². The summed E-state index contributed by atoms with van der Waals surface area (Å²) in [4.78, 5) is 0. The summed E-state index contributed by atoms with van der Waals surface area (Å²) in [5.41, 5.74) is 5.10. The smallest absolute Gasteiger partial charge is 0.0618 e. The predicted octanol–water partition coefficient (Wildman–Crippen LogP) is -0.0862. The maximum Gasteiger partial charge on any atom is 0.0618 e. The highest BCUT2D eigenvalue weighted by Crippen LogP contribution is 1.70. The molecule has 1 unspecified atom stereocenters. The van der Waals surface area contributed by atoms with Crippen LogP contribution in [0.4, 0.5) is 0 Å². The van der Waals surface area contributed by atoms with E-state index in [1.54, 1.807) is 0 Å². The summed E-state index contributed by atoms with van der Waals surface area (Å²) < 4.78 is 0. The predicted molar refractivity (Wildman–Crippen MR) is 32.5 cm³/mol. The minimum absolute atomic E-state index is 0. The molecule has 0 heterocycles. The lowest BCUT2D eigenvalue weighted by Crippen LogP contribution is -2.20. The van der Waals surface area contributed by atoms with Crippen molar-refractivity contribution in [3.63, 3.8) is 0 Å². The molecule has 7 heavy (non-hydrogen) atoms. The molecule has 3 heteroatoms. The van der Waals surface area contributed by atoms with Crippen LogP contribution in [0.2, 0.25) is 0 Å². The molecule has 0 aromatic heterocycles. The lowest BCUT2D eigenvalue weighted by molar-refractivity contribution is 0.284. The van der Waals surface area contributed by atoms with Gasteiger partial charge in [0.2, 0.25) is 0 Å². The normalized spacial score (nSPS) is 11.7. The zero-order chi connectivity index (χ0) is 4.99. The van der Waals surface area contributed by atoms with Crippen molar-refractivity contribution in [2.24, 2.45) is 5.73 Å². The van der Waals surface area contributed by atoms with Gasteiger partial charge in [0.05, 0.1) is 6.61 Å². The molecule has 0 saturated carbocycles. The Labute approximate surface area is 49.4 Å². The number of hydrogen-bond donors (Lipinski definition) is 2. The maximum atomic E-state index is 8.14. The van der Waals surface area contributed by atoms with Crippen LogP contribution in [0.15, 0.2) is 12.7 Å². The van der Waals surface area contributed by atoms with Gasteiger partial charge in [-0.1, -0.05) is 6.08 Å². The van der Waals surface area contributed by atoms with Crippen LogP contribution in [0, 0.1) is 0 Å². The van der Waals surface area contributed by atoms with E-state index in [2.05, 4.69) is 6.58 Å². The Balaban J connectivity index is 0. The van der Waals surface area contributed by atoms with E-state index in [1.165, 1.54) is 6.08 Å². The van der Waals surface area contributed by atoms with Gasteiger partial charge in [0.1, 0.15) is 0 Å². The zero-order valence-corrected chi connectivity index (χ0v) is 4.82. The first kappa shape index (κ1) is 10.0. The summed E-state index contributed by atoms with van der Waals surface area (Å²) in [5, 5.41) is 8.14. The zero-order valence-electron chi connectivity index (χ0n) is 4.00. The number of hydrogen-bond acceptors (Lipinski definition) is 2. The SMILES string of the molecule is C=CC(N)CO.Cl. The van der Waals surface area contributed by atoms with Gasteiger partial charge in [-0.15, -0.1) is 19.0 Å². The van der Waals surface area contributed by atoms with Crippen molar-refractivity contribution in [3.8, 4) is 0 Å². The van der Waals surface area contributed by atoms with Gasteiger partial charge in [0.15, 0.2) is 0 Å². The van der Waals surface area contributed by atoms with E-state index in [0.717, 1.165) is 0 Å². The molecular formula is C4H10ClNO. The molecule has 1 atom stereocenters. The Kier molecular flexibility index (Phi) is 8.54. The average Bonchev–Trinajstić information content (AvgIpc) is 1.65. The molecule has 0 aliphatic rings. The third kappa shape index (κ3) is 5.95. The van der Waals surface area contributed by atoms with Gasteiger partial charge in [-0.2, -0.15) is 0 Å². The minimum atomic E-state index is -0.245. The summed E-state index contributed by atoms with van der Waals surface area (Å²) in [5.74, 6) is 0. The molecule has 0 aliphatic carbocycles. The van der Waals surface area contributed by atoms with Crippen molar-refractivity contribution in [3.05, 3.63) is 12.7 Å². The molecule has 0 aromatic carbocycles. The van der Waals surface area contributed by atoms with E-state index in [-0.39, 0.29) is 25.1 Å². The molecule has 0 saturated heterocycles. The monoisotopic (exact) mass is 123 g/mol. The summed E-state index contributed by atoms with van der Waals surface area (Å²) in [6, 6.07) is -0.245. The highest BCUT2D eigenvalue weighted by Gasteiger charge is 1.85. The van der Waals surface area contributed by atoms with Gasteiger partial charge in [-0.05, 0) is 0 Å². The first-order chi connectivity index (χ1) is 2.81. The van der Waals surface area contributed by atoms with Crippen LogP contribution in [0.5, 0.6) is 0 Å². The first-order valence-corrected chi connectivity index (χ1v) is 1.80. The Morgan fingerprint density at radius 3 is 2.29 bits per heavy atom. The van der Waals surface area contributed by atoms with Crippen molar-refractivity contribution < 1.29 is 5.11 Å². The van der Waals surface area contributed by atoms with Crippen LogP contribution >= 0.6 is 12.4 Å². The van der Waals surface area contributed by atoms with Crippen LogP contribution in [-0.2, 0) is 0 Å². The molecule has 0 bridgehead atoms. The van der Waals surface area contributed by atoms with Crippen LogP contribution in [0.1, 0.15) is 0 Å². The Morgan fingerprint density at radius 1 is 1.86 bits per heavy atom. The quantitative estimate of drug-likeness (QED) is 0.505. The molecule has 2 nitrogen and oxygen atoms in total. The van der Waals surface area contributed by atoms with Crippen molar-refractivity contribution in [2.45, 2.75) is 6.04 Å². The van der Waals surface area contributed by atoms with Crippen LogP contribution < -0.4 is 5.73 Å². The number of aliphatic hydroxyl groups excluding tert-OH is 1. The van der Waals surface area contributed by atoms with Gasteiger partial charge < -0.3 is 10.8 Å². The van der Waals surface area contributed by atoms with E-state index in [0.29, 0.717) is 0 Å². The lowest BCUT2D eigenvalue weighted by Gasteiger charge is -1.94. The Bertz CT molecular complexity index is 49.0. The highest BCUT2D eigenvalue weighted by molar-refractivity contribution is 5.85. The fourth-order valence-corrected chi connectivity index (χ4v) is 0.0745. The van der Waals surface area contributed by atoms with Crippen LogP contribution in [-0.4, -0.2) is 17.8 Å². The third-order valence-electron chi connectivity index (χ3n) is 0.514. The molecule has 3 N–H and O–H groups in total. The van der Waals surface area contributed by atoms with E-state index >= 15 is 0 Å². The highest BCUT2D eigenvalue weighted by atomic mass is 35.5. The fraction of sp³-hybridized carbons (Fsp3) is 0.500. The standard InChI is InChI=1S/C4H9NO.ClH/c1-2-4(5)3-6;/h2,4,6H,1,3,5H2;1H. The third-order valence-corrected chi connectivity index (χ3v) is 0.514. The number of halogens is 1. The first-order valence-electron chi connectivity index (χ1n) is 1.80. The number of aliphatic hydroxyl groups is 1. The van der Waals surface area contributed by atoms with E-state index in [4.69, 9.17) is 10.8 Å². The second-order valence-electron chi connectivity index (χ2n) is 1.08. The maximum absolute atomic E-state index is 8.14. The molecule has 0 rings (SSSR count). The largest absolute Gasteiger partial charge is 0.394 e. The summed E-state index contributed by atoms with van der Waals surface area (Å²) in [6.07, 6.45) is 1.50. The topological polar surface area (TPSA) is 46.2 Å². The number of rotatable bonds is 2. The van der Waals surface area contributed by atoms with Crippen LogP contribution in [0.3, 0.4) is 0 Å². The second kappa shape index (κ2) is 5.95. The summed E-state index contributed by atoms with van der Waals surface area (Å²) in [7, 11) is 0. The Hall–Kier alpha value is -0.0500. The van der Waals surface area contributed by atoms with Crippen molar-refractivity contribution in [1.29, 1.82) is 0 Å². The fourth-order valence-electron chi connectivity index (χ4n) is 0.0745. The average molecular weight is 124 g/mol. The molecule has 44 valence electrons. The van der Waals surface area contributed by atoms with Crippen molar-refractivity contribution >= 4 is 12.4 Å². The molecule has 0 radical (unpaired) electrons. The molecule has 0 amide bonds. The summed E-state index contributed by atoms with van der Waals surface area (Å²) >= 11 is 0. The van der Waals surface area contributed by atoms with Gasteiger partial charge in [-0.25, -0.2) is 0 Å². The van der Waals surface area contributed by atoms with Crippen molar-refractivity contribution in [2.75, 3.05) is 6.61 Å². The van der Waals surface area contributed by atoms with E-state index in [1.807, 2.05) is 0 Å². The molecule has 0 aromatic rings. The summed E-state index contributed by atoms with van der Waals surface area (Å²) in [6.45, 7) is 3.34. The Morgan fingerprint density at radius 2 is 2.29 bits per heavy atom. The van der Waals surface area contributed by atoms with E-state index < -0.39 is 0 Å². The molecular weight excluding hydrogens is 114 g/mol. The van der Waals surface area contributed by atoms with Gasteiger partial charge in [-0.3, -0.25) is 0 Å². The minimum Gasteiger partial charge on any atom is -0.394 e. The molecule has 0 fully saturated rings. The van der Waals surface area contributed by atoms with Crippen LogP contribution in [0.25, 0.3) is 0 Å². The lowest BCUT2D eigenvalue weighted by atomic mass is 10.3. The van der Waals surface area contributed by atoms with Gasteiger partial charge >= 0.3 is 0 Å². The van der Waals surface area contributed by atoms with E-state index in [9.17, 15) is 0 Å². The van der Waals surface area contributed by atoms with Crippen molar-refractivity contribution in [1.82, 2.24) is 0 Å². The second-order valence-corrected chi connectivity index (χ2v) is 1.08. The number of nitrogens with two attached hydrogens (primary N) is 1. The molecule has 0 spiro atoms. The molecule has 0 aliphatic heterocycles. The van der Waals surface area contributed by atoms with Gasteiger partial charge in [0, 0.05) is 6.04 Å².